The minimum absolute atomic E-state index is 0.738. The maximum atomic E-state index is 6.23. The predicted octanol–water partition coefficient (Wildman–Crippen LogP) is 11.9. The number of benzene rings is 7. The fourth-order valence-electron chi connectivity index (χ4n) is 6.91. The molecule has 0 aliphatic heterocycles. The van der Waals surface area contributed by atoms with Crippen molar-refractivity contribution in [1.82, 2.24) is 9.13 Å². The molecule has 2 nitrogen and oxygen atoms in total. The van der Waals surface area contributed by atoms with Crippen molar-refractivity contribution >= 4 is 55.2 Å². The Kier molecular flexibility index (Phi) is 5.90. The Morgan fingerprint density at radius 2 is 0.800 bits per heavy atom. The van der Waals surface area contributed by atoms with Crippen molar-refractivity contribution in [3.63, 3.8) is 0 Å². The third-order valence-electron chi connectivity index (χ3n) is 8.97. The highest BCUT2D eigenvalue weighted by Crippen LogP contribution is 2.38. The van der Waals surface area contributed by atoms with Crippen LogP contribution in [0.1, 0.15) is 0 Å². The molecule has 7 aromatic carbocycles. The number of aromatic nitrogens is 2. The lowest BCUT2D eigenvalue weighted by atomic mass is 10.0. The van der Waals surface area contributed by atoms with E-state index in [1.54, 1.807) is 0 Å². The van der Waals surface area contributed by atoms with Crippen LogP contribution in [0.4, 0.5) is 0 Å². The minimum Gasteiger partial charge on any atom is -0.309 e. The van der Waals surface area contributed by atoms with E-state index in [1.807, 2.05) is 12.1 Å². The van der Waals surface area contributed by atoms with E-state index in [2.05, 4.69) is 161 Å². The molecule has 0 saturated heterocycles. The van der Waals surface area contributed by atoms with Crippen LogP contribution in [-0.4, -0.2) is 9.13 Å². The lowest BCUT2D eigenvalue weighted by Gasteiger charge is -2.11. The molecule has 0 amide bonds. The van der Waals surface area contributed by atoms with Gasteiger partial charge in [-0.15, -0.1) is 0 Å². The molecule has 0 saturated carbocycles. The topological polar surface area (TPSA) is 9.86 Å². The summed E-state index contributed by atoms with van der Waals surface area (Å²) in [4.78, 5) is 0. The second kappa shape index (κ2) is 10.3. The average Bonchev–Trinajstić information content (AvgIpc) is 3.61. The number of para-hydroxylation sites is 2. The lowest BCUT2D eigenvalue weighted by molar-refractivity contribution is 1.18. The fourth-order valence-corrected chi connectivity index (χ4v) is 7.03. The van der Waals surface area contributed by atoms with Crippen LogP contribution < -0.4 is 0 Å². The second-order valence-electron chi connectivity index (χ2n) is 11.6. The van der Waals surface area contributed by atoms with Gasteiger partial charge in [-0.1, -0.05) is 103 Å². The number of halogens is 1. The van der Waals surface area contributed by atoms with Gasteiger partial charge in [0, 0.05) is 37.9 Å². The van der Waals surface area contributed by atoms with Crippen molar-refractivity contribution in [2.75, 3.05) is 0 Å². The van der Waals surface area contributed by atoms with Crippen LogP contribution in [0.2, 0.25) is 5.02 Å². The van der Waals surface area contributed by atoms with Crippen molar-refractivity contribution in [3.05, 3.63) is 169 Å². The molecule has 0 bridgehead atoms. The van der Waals surface area contributed by atoms with E-state index in [0.29, 0.717) is 0 Å². The van der Waals surface area contributed by atoms with E-state index in [1.165, 1.54) is 65.9 Å². The molecule has 0 N–H and O–H groups in total. The zero-order chi connectivity index (χ0) is 29.9. The summed E-state index contributed by atoms with van der Waals surface area (Å²) < 4.78 is 4.72. The average molecular weight is 595 g/mol. The van der Waals surface area contributed by atoms with E-state index in [9.17, 15) is 0 Å². The molecule has 2 aromatic heterocycles. The number of nitrogens with zero attached hydrogens (tertiary/aromatic N) is 2. The summed E-state index contributed by atoms with van der Waals surface area (Å²) in [5.41, 5.74) is 11.9. The van der Waals surface area contributed by atoms with Crippen LogP contribution >= 0.6 is 11.6 Å². The van der Waals surface area contributed by atoms with Crippen LogP contribution in [0.5, 0.6) is 0 Å². The maximum Gasteiger partial charge on any atom is 0.0541 e. The molecule has 9 aromatic rings. The third kappa shape index (κ3) is 4.18. The Morgan fingerprint density at radius 3 is 1.42 bits per heavy atom. The lowest BCUT2D eigenvalue weighted by Crippen LogP contribution is -1.94. The van der Waals surface area contributed by atoms with Crippen LogP contribution in [0.25, 0.3) is 77.2 Å². The smallest absolute Gasteiger partial charge is 0.0541 e. The van der Waals surface area contributed by atoms with Gasteiger partial charge in [0.25, 0.3) is 0 Å². The Hall–Kier alpha value is -5.57. The number of hydrogen-bond donors (Lipinski definition) is 0. The second-order valence-corrected chi connectivity index (χ2v) is 12.0. The van der Waals surface area contributed by atoms with Gasteiger partial charge in [0.05, 0.1) is 22.1 Å². The third-order valence-corrected chi connectivity index (χ3v) is 9.23. The first-order valence-corrected chi connectivity index (χ1v) is 15.6. The zero-order valence-electron chi connectivity index (χ0n) is 24.4. The highest BCUT2D eigenvalue weighted by atomic mass is 35.5. The molecule has 212 valence electrons. The quantitative estimate of drug-likeness (QED) is 0.192. The summed E-state index contributed by atoms with van der Waals surface area (Å²) in [7, 11) is 0. The van der Waals surface area contributed by atoms with Gasteiger partial charge in [-0.3, -0.25) is 0 Å². The molecule has 0 unspecified atom stereocenters. The van der Waals surface area contributed by atoms with Crippen LogP contribution in [-0.2, 0) is 0 Å². The van der Waals surface area contributed by atoms with Crippen LogP contribution in [0.3, 0.4) is 0 Å². The molecule has 0 fully saturated rings. The zero-order valence-corrected chi connectivity index (χ0v) is 25.1. The monoisotopic (exact) mass is 594 g/mol. The standard InChI is InChI=1S/C42H27ClN2/c43-32-19-21-33(22-20-32)44-39-15-6-4-13-35(39)37-26-30(17-23-41(37)44)31-18-24-42-38(27-31)36-14-5-7-16-40(36)45(42)34-12-8-11-29(25-34)28-9-2-1-3-10-28/h1-27H. The van der Waals surface area contributed by atoms with Gasteiger partial charge in [-0.2, -0.15) is 0 Å². The van der Waals surface area contributed by atoms with Crippen molar-refractivity contribution in [2.45, 2.75) is 0 Å². The van der Waals surface area contributed by atoms with Gasteiger partial charge in [0.1, 0.15) is 0 Å². The van der Waals surface area contributed by atoms with Crippen LogP contribution in [0, 0.1) is 0 Å². The molecular formula is C42H27ClN2. The van der Waals surface area contributed by atoms with E-state index < -0.39 is 0 Å². The van der Waals surface area contributed by atoms with Crippen molar-refractivity contribution in [2.24, 2.45) is 0 Å². The highest BCUT2D eigenvalue weighted by Gasteiger charge is 2.16. The van der Waals surface area contributed by atoms with Gasteiger partial charge in [-0.25, -0.2) is 0 Å². The first-order chi connectivity index (χ1) is 22.2. The minimum atomic E-state index is 0.738. The summed E-state index contributed by atoms with van der Waals surface area (Å²) in [6.45, 7) is 0. The van der Waals surface area contributed by atoms with Crippen LogP contribution in [0.15, 0.2) is 164 Å². The van der Waals surface area contributed by atoms with Gasteiger partial charge in [-0.05, 0) is 95.1 Å². The first-order valence-electron chi connectivity index (χ1n) is 15.2. The van der Waals surface area contributed by atoms with Gasteiger partial charge in [0.15, 0.2) is 0 Å². The highest BCUT2D eigenvalue weighted by molar-refractivity contribution is 6.30. The fraction of sp³-hybridized carbons (Fsp3) is 0. The van der Waals surface area contributed by atoms with Gasteiger partial charge < -0.3 is 9.13 Å². The van der Waals surface area contributed by atoms with Gasteiger partial charge in [0.2, 0.25) is 0 Å². The van der Waals surface area contributed by atoms with Crippen molar-refractivity contribution in [1.29, 1.82) is 0 Å². The van der Waals surface area contributed by atoms with E-state index in [4.69, 9.17) is 11.6 Å². The molecule has 0 radical (unpaired) electrons. The van der Waals surface area contributed by atoms with Gasteiger partial charge >= 0.3 is 0 Å². The number of hydrogen-bond acceptors (Lipinski definition) is 0. The molecule has 2 heterocycles. The van der Waals surface area contributed by atoms with E-state index in [-0.39, 0.29) is 0 Å². The summed E-state index contributed by atoms with van der Waals surface area (Å²) in [5.74, 6) is 0. The first kappa shape index (κ1) is 25.9. The normalized spacial score (nSPS) is 11.7. The summed E-state index contributed by atoms with van der Waals surface area (Å²) >= 11 is 6.23. The Bertz CT molecular complexity index is 2540. The molecule has 45 heavy (non-hydrogen) atoms. The molecule has 0 spiro atoms. The SMILES string of the molecule is Clc1ccc(-n2c3ccccc3c3cc(-c4ccc5c(c4)c4ccccc4n5-c4cccc(-c5ccccc5)c4)ccc32)cc1. The molecular weight excluding hydrogens is 568 g/mol. The molecule has 3 heteroatoms. The summed E-state index contributed by atoms with van der Waals surface area (Å²) in [6, 6.07) is 58.6. The van der Waals surface area contributed by atoms with E-state index >= 15 is 0 Å². The summed E-state index contributed by atoms with van der Waals surface area (Å²) in [6.07, 6.45) is 0. The van der Waals surface area contributed by atoms with E-state index in [0.717, 1.165) is 16.4 Å². The van der Waals surface area contributed by atoms with Crippen molar-refractivity contribution in [3.8, 4) is 33.6 Å². The Balaban J connectivity index is 1.22. The number of fused-ring (bicyclic) bond motifs is 6. The molecule has 9 rings (SSSR count). The maximum absolute atomic E-state index is 6.23. The molecule has 0 aliphatic rings. The molecule has 0 aliphatic carbocycles. The summed E-state index contributed by atoms with van der Waals surface area (Å²) in [5, 5.41) is 5.71. The Morgan fingerprint density at radius 1 is 0.311 bits per heavy atom. The predicted molar refractivity (Wildman–Crippen MR) is 191 cm³/mol. The van der Waals surface area contributed by atoms with Crippen molar-refractivity contribution < 1.29 is 0 Å². The Labute approximate surface area is 266 Å². The molecule has 0 atom stereocenters. The largest absolute Gasteiger partial charge is 0.309 e. The number of rotatable bonds is 4.